The molecule has 0 radical (unpaired) electrons. The van der Waals surface area contributed by atoms with E-state index in [-0.39, 0.29) is 5.56 Å². The van der Waals surface area contributed by atoms with Gasteiger partial charge < -0.3 is 5.32 Å². The smallest absolute Gasteiger partial charge is 0.308 e. The zero-order valence-corrected chi connectivity index (χ0v) is 11.6. The van der Waals surface area contributed by atoms with Crippen LogP contribution >= 0.6 is 0 Å². The second kappa shape index (κ2) is 6.08. The molecule has 0 aliphatic rings. The van der Waals surface area contributed by atoms with Gasteiger partial charge in [-0.3, -0.25) is 0 Å². The van der Waals surface area contributed by atoms with E-state index in [4.69, 9.17) is 0 Å². The number of aryl methyl sites for hydroxylation is 2. The van der Waals surface area contributed by atoms with E-state index in [0.717, 1.165) is 18.2 Å². The molecule has 0 aromatic heterocycles. The highest BCUT2D eigenvalue weighted by Crippen LogP contribution is 2.44. The summed E-state index contributed by atoms with van der Waals surface area (Å²) in [5.74, 6) is -4.82. The standard InChI is InChI=1S/C14H18F5N/c1-4-9-6-7-11(8-10(9)5-2)12(20-3)13(15,16)14(17,18)19/h6-8,12,20H,4-5H2,1-3H3. The van der Waals surface area contributed by atoms with Gasteiger partial charge in [-0.05, 0) is 36.6 Å². The lowest BCUT2D eigenvalue weighted by Crippen LogP contribution is -2.47. The number of halogens is 5. The van der Waals surface area contributed by atoms with Crippen molar-refractivity contribution in [2.45, 2.75) is 44.8 Å². The highest BCUT2D eigenvalue weighted by atomic mass is 19.4. The van der Waals surface area contributed by atoms with Gasteiger partial charge in [0.15, 0.2) is 0 Å². The molecule has 1 aromatic carbocycles. The summed E-state index contributed by atoms with van der Waals surface area (Å²) in [5, 5.41) is 2.08. The first-order chi connectivity index (χ1) is 9.18. The van der Waals surface area contributed by atoms with Crippen molar-refractivity contribution < 1.29 is 22.0 Å². The molecule has 0 fully saturated rings. The topological polar surface area (TPSA) is 12.0 Å². The van der Waals surface area contributed by atoms with Gasteiger partial charge in [-0.1, -0.05) is 32.0 Å². The summed E-state index contributed by atoms with van der Waals surface area (Å²) >= 11 is 0. The Morgan fingerprint density at radius 3 is 1.95 bits per heavy atom. The summed E-state index contributed by atoms with van der Waals surface area (Å²) in [7, 11) is 1.10. The third-order valence-corrected chi connectivity index (χ3v) is 3.35. The largest absolute Gasteiger partial charge is 0.455 e. The summed E-state index contributed by atoms with van der Waals surface area (Å²) in [5.41, 5.74) is 1.70. The summed E-state index contributed by atoms with van der Waals surface area (Å²) in [6.07, 6.45) is -4.29. The van der Waals surface area contributed by atoms with E-state index in [0.29, 0.717) is 12.8 Å². The van der Waals surface area contributed by atoms with Crippen molar-refractivity contribution in [3.63, 3.8) is 0 Å². The number of benzene rings is 1. The zero-order valence-electron chi connectivity index (χ0n) is 11.6. The minimum atomic E-state index is -5.59. The average molecular weight is 295 g/mol. The number of rotatable bonds is 5. The number of nitrogens with one attached hydrogen (secondary N) is 1. The molecule has 0 saturated heterocycles. The molecule has 0 spiro atoms. The molecule has 1 aromatic rings. The fourth-order valence-electron chi connectivity index (χ4n) is 2.22. The summed E-state index contributed by atoms with van der Waals surface area (Å²) in [6, 6.07) is 2.29. The van der Waals surface area contributed by atoms with Gasteiger partial charge in [0.2, 0.25) is 0 Å². The van der Waals surface area contributed by atoms with Gasteiger partial charge >= 0.3 is 12.1 Å². The van der Waals surface area contributed by atoms with Gasteiger partial charge in [-0.15, -0.1) is 0 Å². The molecule has 0 heterocycles. The molecule has 1 nitrogen and oxygen atoms in total. The maximum absolute atomic E-state index is 13.5. The average Bonchev–Trinajstić information content (AvgIpc) is 2.37. The fraction of sp³-hybridized carbons (Fsp3) is 0.571. The molecule has 114 valence electrons. The quantitative estimate of drug-likeness (QED) is 0.800. The summed E-state index contributed by atoms with van der Waals surface area (Å²) in [4.78, 5) is 0. The predicted molar refractivity (Wildman–Crippen MR) is 68.0 cm³/mol. The Morgan fingerprint density at radius 1 is 1.00 bits per heavy atom. The van der Waals surface area contributed by atoms with Crippen molar-refractivity contribution in [1.82, 2.24) is 5.32 Å². The van der Waals surface area contributed by atoms with Gasteiger partial charge in [-0.2, -0.15) is 22.0 Å². The Morgan fingerprint density at radius 2 is 1.55 bits per heavy atom. The van der Waals surface area contributed by atoms with Crippen molar-refractivity contribution in [2.24, 2.45) is 0 Å². The Hall–Kier alpha value is -1.17. The first-order valence-corrected chi connectivity index (χ1v) is 6.42. The van der Waals surface area contributed by atoms with E-state index in [2.05, 4.69) is 5.32 Å². The summed E-state index contributed by atoms with van der Waals surface area (Å²) < 4.78 is 64.5. The molecule has 0 amide bonds. The van der Waals surface area contributed by atoms with Crippen LogP contribution in [0.4, 0.5) is 22.0 Å². The Labute approximate surface area is 115 Å². The maximum Gasteiger partial charge on any atom is 0.455 e. The van der Waals surface area contributed by atoms with Crippen LogP contribution in [0.1, 0.15) is 36.6 Å². The number of alkyl halides is 5. The van der Waals surface area contributed by atoms with Crippen LogP contribution in [0.15, 0.2) is 18.2 Å². The Balaban J connectivity index is 3.26. The molecule has 6 heteroatoms. The van der Waals surface area contributed by atoms with Crippen LogP contribution < -0.4 is 5.32 Å². The van der Waals surface area contributed by atoms with Gasteiger partial charge in [0.25, 0.3) is 0 Å². The van der Waals surface area contributed by atoms with Crippen LogP contribution in [0.25, 0.3) is 0 Å². The minimum absolute atomic E-state index is 0.0520. The minimum Gasteiger partial charge on any atom is -0.308 e. The molecule has 1 atom stereocenters. The first-order valence-electron chi connectivity index (χ1n) is 6.42. The lowest BCUT2D eigenvalue weighted by atomic mass is 9.94. The lowest BCUT2D eigenvalue weighted by molar-refractivity contribution is -0.293. The molecular weight excluding hydrogens is 277 g/mol. The maximum atomic E-state index is 13.5. The van der Waals surface area contributed by atoms with E-state index in [9.17, 15) is 22.0 Å². The van der Waals surface area contributed by atoms with E-state index < -0.39 is 18.1 Å². The molecule has 1 rings (SSSR count). The van der Waals surface area contributed by atoms with Crippen LogP contribution in [-0.4, -0.2) is 19.1 Å². The van der Waals surface area contributed by atoms with Gasteiger partial charge in [-0.25, -0.2) is 0 Å². The van der Waals surface area contributed by atoms with E-state index in [1.54, 1.807) is 6.07 Å². The molecule has 0 bridgehead atoms. The van der Waals surface area contributed by atoms with Crippen molar-refractivity contribution in [2.75, 3.05) is 7.05 Å². The molecule has 0 aliphatic carbocycles. The Kier molecular flexibility index (Phi) is 5.13. The van der Waals surface area contributed by atoms with Crippen molar-refractivity contribution in [3.8, 4) is 0 Å². The molecule has 1 unspecified atom stereocenters. The van der Waals surface area contributed by atoms with Crippen LogP contribution in [0.3, 0.4) is 0 Å². The monoisotopic (exact) mass is 295 g/mol. The predicted octanol–water partition coefficient (Wildman–Crippen LogP) is 4.27. The van der Waals surface area contributed by atoms with Crippen LogP contribution in [0.2, 0.25) is 0 Å². The lowest BCUT2D eigenvalue weighted by Gasteiger charge is -2.29. The third-order valence-electron chi connectivity index (χ3n) is 3.35. The molecule has 20 heavy (non-hydrogen) atoms. The SMILES string of the molecule is CCc1ccc(C(NC)C(F)(F)C(F)(F)F)cc1CC. The van der Waals surface area contributed by atoms with Crippen molar-refractivity contribution >= 4 is 0 Å². The first kappa shape index (κ1) is 16.9. The second-order valence-corrected chi connectivity index (χ2v) is 4.58. The van der Waals surface area contributed by atoms with E-state index in [1.807, 2.05) is 13.8 Å². The molecule has 0 aliphatic heterocycles. The number of hydrogen-bond acceptors (Lipinski definition) is 1. The van der Waals surface area contributed by atoms with Gasteiger partial charge in [0.05, 0.1) is 0 Å². The summed E-state index contributed by atoms with van der Waals surface area (Å²) in [6.45, 7) is 3.75. The van der Waals surface area contributed by atoms with Crippen LogP contribution in [-0.2, 0) is 12.8 Å². The molecule has 1 N–H and O–H groups in total. The molecule has 0 saturated carbocycles. The number of hydrogen-bond donors (Lipinski definition) is 1. The highest BCUT2D eigenvalue weighted by Gasteiger charge is 2.62. The van der Waals surface area contributed by atoms with E-state index in [1.165, 1.54) is 12.1 Å². The zero-order chi connectivity index (χ0) is 15.6. The third kappa shape index (κ3) is 3.11. The highest BCUT2D eigenvalue weighted by molar-refractivity contribution is 5.34. The van der Waals surface area contributed by atoms with Crippen molar-refractivity contribution in [3.05, 3.63) is 34.9 Å². The van der Waals surface area contributed by atoms with Gasteiger partial charge in [0, 0.05) is 0 Å². The normalized spacial score (nSPS) is 14.4. The fourth-order valence-corrected chi connectivity index (χ4v) is 2.22. The van der Waals surface area contributed by atoms with E-state index >= 15 is 0 Å². The molecular formula is C14H18F5N. The van der Waals surface area contributed by atoms with Crippen LogP contribution in [0.5, 0.6) is 0 Å². The Bertz CT molecular complexity index is 453. The second-order valence-electron chi connectivity index (χ2n) is 4.58. The van der Waals surface area contributed by atoms with Gasteiger partial charge in [0.1, 0.15) is 6.04 Å². The van der Waals surface area contributed by atoms with Crippen molar-refractivity contribution in [1.29, 1.82) is 0 Å². The van der Waals surface area contributed by atoms with Crippen LogP contribution in [0, 0.1) is 0 Å².